The van der Waals surface area contributed by atoms with Crippen molar-refractivity contribution in [2.24, 2.45) is 0 Å². The molecule has 0 radical (unpaired) electrons. The van der Waals surface area contributed by atoms with Crippen LogP contribution >= 0.6 is 0 Å². The van der Waals surface area contributed by atoms with Crippen LogP contribution in [0.15, 0.2) is 41.5 Å². The second-order valence-corrected chi connectivity index (χ2v) is 7.53. The lowest BCUT2D eigenvalue weighted by Gasteiger charge is -2.46. The summed E-state index contributed by atoms with van der Waals surface area (Å²) in [6.45, 7) is 5.13. The van der Waals surface area contributed by atoms with Crippen molar-refractivity contribution in [3.63, 3.8) is 0 Å². The molecule has 3 aromatic heterocycles. The molecule has 2 amide bonds. The summed E-state index contributed by atoms with van der Waals surface area (Å²) in [4.78, 5) is 39.6. The molecular formula is C21H22N6O3. The van der Waals surface area contributed by atoms with E-state index in [4.69, 9.17) is 4.52 Å². The van der Waals surface area contributed by atoms with E-state index in [-0.39, 0.29) is 11.8 Å². The normalized spacial score (nSPS) is 20.4. The smallest absolute Gasteiger partial charge is 0.272 e. The molecule has 154 valence electrons. The Morgan fingerprint density at radius 3 is 2.80 bits per heavy atom. The third-order valence-corrected chi connectivity index (χ3v) is 6.06. The Bertz CT molecular complexity index is 1120. The molecule has 0 spiro atoms. The molecule has 9 heteroatoms. The van der Waals surface area contributed by atoms with Gasteiger partial charge in [-0.25, -0.2) is 0 Å². The molecule has 0 bridgehead atoms. The molecule has 2 aliphatic heterocycles. The zero-order valence-electron chi connectivity index (χ0n) is 16.9. The summed E-state index contributed by atoms with van der Waals surface area (Å²) in [6, 6.07) is 3.65. The standard InChI is InChI=1S/C21H22N6O3/c1-3-14-10-23-18(11-22-14)21-13-25-7-5-6-17(25)20(29)27(21)9-8-26(21)19(28)15-12-30-24-16(15)4-2/h5-7,10-12H,3-4,8-9,13H2,1-2H3. The molecule has 1 atom stereocenters. The molecule has 0 saturated carbocycles. The highest BCUT2D eigenvalue weighted by atomic mass is 16.5. The number of aromatic nitrogens is 4. The molecule has 1 saturated heterocycles. The highest BCUT2D eigenvalue weighted by Gasteiger charge is 2.57. The van der Waals surface area contributed by atoms with E-state index in [9.17, 15) is 9.59 Å². The molecule has 1 fully saturated rings. The van der Waals surface area contributed by atoms with Crippen molar-refractivity contribution in [3.05, 3.63) is 65.3 Å². The van der Waals surface area contributed by atoms with Gasteiger partial charge in [0.1, 0.15) is 23.2 Å². The van der Waals surface area contributed by atoms with Crippen LogP contribution in [0.3, 0.4) is 0 Å². The summed E-state index contributed by atoms with van der Waals surface area (Å²) < 4.78 is 6.96. The van der Waals surface area contributed by atoms with Crippen LogP contribution in [0, 0.1) is 0 Å². The van der Waals surface area contributed by atoms with Crippen molar-refractivity contribution in [2.75, 3.05) is 13.1 Å². The first-order valence-electron chi connectivity index (χ1n) is 10.1. The maximum atomic E-state index is 13.6. The first kappa shape index (κ1) is 18.5. The van der Waals surface area contributed by atoms with Crippen LogP contribution in [0.1, 0.15) is 51.8 Å². The van der Waals surface area contributed by atoms with Gasteiger partial charge in [-0.15, -0.1) is 0 Å². The van der Waals surface area contributed by atoms with Crippen molar-refractivity contribution < 1.29 is 14.1 Å². The Hall–Kier alpha value is -3.49. The highest BCUT2D eigenvalue weighted by molar-refractivity contribution is 5.98. The predicted molar refractivity (Wildman–Crippen MR) is 105 cm³/mol. The largest absolute Gasteiger partial charge is 0.364 e. The third kappa shape index (κ3) is 2.44. The van der Waals surface area contributed by atoms with Crippen LogP contribution in [0.2, 0.25) is 0 Å². The van der Waals surface area contributed by atoms with Gasteiger partial charge in [0.05, 0.1) is 24.1 Å². The fourth-order valence-corrected chi connectivity index (χ4v) is 4.48. The van der Waals surface area contributed by atoms with Gasteiger partial charge in [0.15, 0.2) is 5.66 Å². The molecule has 3 aromatic rings. The SMILES string of the molecule is CCc1cnc(C23Cn4cccc4C(=O)N2CCN3C(=O)c2conc2CC)cn1. The molecule has 5 heterocycles. The Morgan fingerprint density at radius 2 is 2.07 bits per heavy atom. The number of aryl methyl sites for hydroxylation is 2. The molecular weight excluding hydrogens is 384 g/mol. The second kappa shape index (κ2) is 6.79. The predicted octanol–water partition coefficient (Wildman–Crippen LogP) is 1.86. The van der Waals surface area contributed by atoms with Crippen LogP contribution in [0.5, 0.6) is 0 Å². The Morgan fingerprint density at radius 1 is 1.20 bits per heavy atom. The topological polar surface area (TPSA) is 97.4 Å². The molecule has 0 aliphatic carbocycles. The van der Waals surface area contributed by atoms with Gasteiger partial charge in [0, 0.05) is 25.5 Å². The number of hydrogen-bond donors (Lipinski definition) is 0. The van der Waals surface area contributed by atoms with Gasteiger partial charge < -0.3 is 18.9 Å². The Balaban J connectivity index is 1.67. The van der Waals surface area contributed by atoms with Gasteiger partial charge in [-0.3, -0.25) is 19.6 Å². The van der Waals surface area contributed by atoms with E-state index in [2.05, 4.69) is 15.1 Å². The van der Waals surface area contributed by atoms with Crippen molar-refractivity contribution >= 4 is 11.8 Å². The van der Waals surface area contributed by atoms with E-state index in [0.717, 1.165) is 12.1 Å². The molecule has 9 nitrogen and oxygen atoms in total. The third-order valence-electron chi connectivity index (χ3n) is 6.06. The number of carbonyl (C=O) groups is 2. The van der Waals surface area contributed by atoms with E-state index in [1.54, 1.807) is 28.3 Å². The average Bonchev–Trinajstić information content (AvgIpc) is 3.51. The van der Waals surface area contributed by atoms with Gasteiger partial charge in [-0.1, -0.05) is 19.0 Å². The van der Waals surface area contributed by atoms with E-state index < -0.39 is 5.66 Å². The summed E-state index contributed by atoms with van der Waals surface area (Å²) in [5, 5.41) is 3.96. The molecule has 1 unspecified atom stereocenters. The Labute approximate surface area is 173 Å². The zero-order chi connectivity index (χ0) is 20.9. The minimum atomic E-state index is -1.05. The van der Waals surface area contributed by atoms with Crippen molar-refractivity contribution in [3.8, 4) is 0 Å². The van der Waals surface area contributed by atoms with E-state index >= 15 is 0 Å². The van der Waals surface area contributed by atoms with Crippen LogP contribution < -0.4 is 0 Å². The number of carbonyl (C=O) groups excluding carboxylic acids is 2. The molecule has 0 aromatic carbocycles. The maximum Gasteiger partial charge on any atom is 0.272 e. The van der Waals surface area contributed by atoms with Gasteiger partial charge in [0.2, 0.25) is 0 Å². The van der Waals surface area contributed by atoms with Crippen molar-refractivity contribution in [1.29, 1.82) is 0 Å². The van der Waals surface area contributed by atoms with Crippen LogP contribution in [0.25, 0.3) is 0 Å². The number of hydrogen-bond acceptors (Lipinski definition) is 6. The van der Waals surface area contributed by atoms with E-state index in [0.29, 0.717) is 48.7 Å². The van der Waals surface area contributed by atoms with Crippen LogP contribution in [-0.4, -0.2) is 54.4 Å². The lowest BCUT2D eigenvalue weighted by Crippen LogP contribution is -2.60. The van der Waals surface area contributed by atoms with Gasteiger partial charge >= 0.3 is 0 Å². The van der Waals surface area contributed by atoms with Gasteiger partial charge in [-0.2, -0.15) is 0 Å². The summed E-state index contributed by atoms with van der Waals surface area (Å²) in [6.07, 6.45) is 7.98. The van der Waals surface area contributed by atoms with E-state index in [1.165, 1.54) is 6.26 Å². The van der Waals surface area contributed by atoms with Gasteiger partial charge in [-0.05, 0) is 25.0 Å². The monoisotopic (exact) mass is 406 g/mol. The zero-order valence-corrected chi connectivity index (χ0v) is 16.9. The summed E-state index contributed by atoms with van der Waals surface area (Å²) >= 11 is 0. The molecule has 2 aliphatic rings. The minimum Gasteiger partial charge on any atom is -0.364 e. The number of fused-ring (bicyclic) bond motifs is 2. The molecule has 30 heavy (non-hydrogen) atoms. The lowest BCUT2D eigenvalue weighted by atomic mass is 9.99. The molecule has 5 rings (SSSR count). The maximum absolute atomic E-state index is 13.6. The fraction of sp³-hybridized carbons (Fsp3) is 0.381. The number of nitrogens with zero attached hydrogens (tertiary/aromatic N) is 6. The summed E-state index contributed by atoms with van der Waals surface area (Å²) in [5.74, 6) is -0.343. The summed E-state index contributed by atoms with van der Waals surface area (Å²) in [7, 11) is 0. The number of amides is 2. The first-order chi connectivity index (χ1) is 14.6. The number of rotatable bonds is 4. The Kier molecular flexibility index (Phi) is 4.19. The van der Waals surface area contributed by atoms with E-state index in [1.807, 2.05) is 30.7 Å². The fourth-order valence-electron chi connectivity index (χ4n) is 4.48. The summed E-state index contributed by atoms with van der Waals surface area (Å²) in [5.41, 5.74) is 2.01. The highest BCUT2D eigenvalue weighted by Crippen LogP contribution is 2.42. The van der Waals surface area contributed by atoms with Crippen molar-refractivity contribution in [2.45, 2.75) is 38.9 Å². The van der Waals surface area contributed by atoms with Crippen LogP contribution in [-0.2, 0) is 25.0 Å². The average molecular weight is 406 g/mol. The first-order valence-corrected chi connectivity index (χ1v) is 10.1. The quantitative estimate of drug-likeness (QED) is 0.656. The van der Waals surface area contributed by atoms with Crippen LogP contribution in [0.4, 0.5) is 0 Å². The molecule has 0 N–H and O–H groups in total. The van der Waals surface area contributed by atoms with Gasteiger partial charge in [0.25, 0.3) is 11.8 Å². The van der Waals surface area contributed by atoms with Crippen molar-refractivity contribution in [1.82, 2.24) is 29.5 Å². The minimum absolute atomic E-state index is 0.121. The second-order valence-electron chi connectivity index (χ2n) is 7.53. The lowest BCUT2D eigenvalue weighted by molar-refractivity contribution is -0.00851.